The predicted molar refractivity (Wildman–Crippen MR) is 102 cm³/mol. The molecule has 144 valence electrons. The summed E-state index contributed by atoms with van der Waals surface area (Å²) >= 11 is 6.09. The molecule has 0 atom stereocenters. The number of aromatic nitrogens is 1. The van der Waals surface area contributed by atoms with E-state index in [4.69, 9.17) is 21.1 Å². The zero-order chi connectivity index (χ0) is 19.3. The average molecular weight is 392 g/mol. The summed E-state index contributed by atoms with van der Waals surface area (Å²) in [6.45, 7) is 1.19. The van der Waals surface area contributed by atoms with E-state index in [1.807, 2.05) is 12.1 Å². The lowest BCUT2D eigenvalue weighted by atomic mass is 9.92. The van der Waals surface area contributed by atoms with Crippen LogP contribution in [0.3, 0.4) is 0 Å². The van der Waals surface area contributed by atoms with Crippen LogP contribution in [0.4, 0.5) is 10.5 Å². The van der Waals surface area contributed by atoms with E-state index in [1.54, 1.807) is 42.5 Å². The third kappa shape index (κ3) is 5.09. The Bertz CT molecular complexity index is 794. The summed E-state index contributed by atoms with van der Waals surface area (Å²) < 4.78 is 10.7. The fourth-order valence-electron chi connectivity index (χ4n) is 2.92. The van der Waals surface area contributed by atoms with Gasteiger partial charge in [-0.15, -0.1) is 0 Å². The summed E-state index contributed by atoms with van der Waals surface area (Å²) in [5.74, 6) is 0.817. The summed E-state index contributed by atoms with van der Waals surface area (Å²) in [5, 5.41) is 13.7. The lowest BCUT2D eigenvalue weighted by molar-refractivity contribution is -0.0642. The van der Waals surface area contributed by atoms with Crippen LogP contribution in [0.2, 0.25) is 5.02 Å². The van der Waals surface area contributed by atoms with E-state index in [1.165, 1.54) is 0 Å². The van der Waals surface area contributed by atoms with Gasteiger partial charge in [0.25, 0.3) is 0 Å². The number of halogens is 1. The van der Waals surface area contributed by atoms with Crippen molar-refractivity contribution in [2.45, 2.75) is 18.4 Å². The van der Waals surface area contributed by atoms with Crippen LogP contribution in [0.25, 0.3) is 0 Å². The third-order valence-electron chi connectivity index (χ3n) is 4.43. The van der Waals surface area contributed by atoms with Gasteiger partial charge >= 0.3 is 6.03 Å². The van der Waals surface area contributed by atoms with Gasteiger partial charge in [-0.1, -0.05) is 23.7 Å². The molecule has 1 aromatic carbocycles. The molecule has 0 radical (unpaired) electrons. The number of anilines is 1. The number of piperidine rings is 1. The van der Waals surface area contributed by atoms with Crippen molar-refractivity contribution in [1.82, 2.24) is 9.88 Å². The van der Waals surface area contributed by atoms with E-state index >= 15 is 0 Å². The molecular formula is C19H22ClN3O4. The number of nitrogens with one attached hydrogen (secondary N) is 1. The zero-order valence-electron chi connectivity index (χ0n) is 15.0. The molecule has 0 bridgehead atoms. The van der Waals surface area contributed by atoms with Crippen LogP contribution in [-0.2, 0) is 4.74 Å². The number of ether oxygens (including phenoxy) is 2. The number of carbonyl (C=O) groups is 1. The fourth-order valence-corrected chi connectivity index (χ4v) is 3.10. The van der Waals surface area contributed by atoms with E-state index in [9.17, 15) is 9.90 Å². The highest BCUT2D eigenvalue weighted by atomic mass is 35.5. The summed E-state index contributed by atoms with van der Waals surface area (Å²) in [4.78, 5) is 18.3. The molecule has 0 aliphatic carbocycles. The largest absolute Gasteiger partial charge is 0.437 e. The highest BCUT2D eigenvalue weighted by Crippen LogP contribution is 2.29. The van der Waals surface area contributed by atoms with E-state index in [0.29, 0.717) is 48.3 Å². The van der Waals surface area contributed by atoms with Gasteiger partial charge in [0.1, 0.15) is 5.75 Å². The van der Waals surface area contributed by atoms with Crippen LogP contribution in [0.5, 0.6) is 11.6 Å². The first-order valence-electron chi connectivity index (χ1n) is 8.65. The van der Waals surface area contributed by atoms with E-state index in [-0.39, 0.29) is 12.6 Å². The number of rotatable bonds is 5. The Morgan fingerprint density at radius 1 is 1.33 bits per heavy atom. The van der Waals surface area contributed by atoms with Crippen LogP contribution in [-0.4, -0.2) is 53.4 Å². The summed E-state index contributed by atoms with van der Waals surface area (Å²) in [7, 11) is 1.56. The number of pyridine rings is 1. The van der Waals surface area contributed by atoms with Gasteiger partial charge in [-0.25, -0.2) is 9.78 Å². The maximum Gasteiger partial charge on any atom is 0.321 e. The van der Waals surface area contributed by atoms with Crippen LogP contribution in [0.1, 0.15) is 12.8 Å². The number of nitrogens with zero attached hydrogens (tertiary/aromatic N) is 2. The Morgan fingerprint density at radius 2 is 2.07 bits per heavy atom. The maximum atomic E-state index is 12.5. The molecule has 27 heavy (non-hydrogen) atoms. The molecule has 2 amide bonds. The minimum Gasteiger partial charge on any atom is -0.437 e. The van der Waals surface area contributed by atoms with Gasteiger partial charge in [0.05, 0.1) is 17.2 Å². The number of methoxy groups -OCH3 is 1. The van der Waals surface area contributed by atoms with Crippen LogP contribution >= 0.6 is 11.6 Å². The first kappa shape index (κ1) is 19.4. The monoisotopic (exact) mass is 391 g/mol. The highest BCUT2D eigenvalue weighted by molar-refractivity contribution is 6.32. The molecule has 2 N–H and O–H groups in total. The first-order chi connectivity index (χ1) is 13.0. The lowest BCUT2D eigenvalue weighted by Gasteiger charge is -2.37. The second-order valence-electron chi connectivity index (χ2n) is 6.49. The Morgan fingerprint density at radius 3 is 2.78 bits per heavy atom. The number of likely N-dealkylation sites (tertiary alicyclic amines) is 1. The van der Waals surface area contributed by atoms with E-state index < -0.39 is 5.60 Å². The van der Waals surface area contributed by atoms with Crippen molar-refractivity contribution in [1.29, 1.82) is 0 Å². The second-order valence-corrected chi connectivity index (χ2v) is 6.90. The standard InChI is InChI=1S/C19H22ClN3O4/c1-26-13-19(25)7-10-23(11-8-19)18(24)22-14-6-9-21-17(12-14)27-16-5-3-2-4-15(16)20/h2-6,9,12,25H,7-8,10-11,13H2,1H3,(H,21,22,24). The summed E-state index contributed by atoms with van der Waals surface area (Å²) in [6, 6.07) is 10.2. The smallest absolute Gasteiger partial charge is 0.321 e. The minimum absolute atomic E-state index is 0.232. The first-order valence-corrected chi connectivity index (χ1v) is 9.03. The van der Waals surface area contributed by atoms with Gasteiger partial charge in [-0.3, -0.25) is 0 Å². The Kier molecular flexibility index (Phi) is 6.15. The van der Waals surface area contributed by atoms with E-state index in [0.717, 1.165) is 0 Å². The SMILES string of the molecule is COCC1(O)CCN(C(=O)Nc2ccnc(Oc3ccccc3Cl)c2)CC1. The van der Waals surface area contributed by atoms with Gasteiger partial charge in [-0.05, 0) is 31.0 Å². The zero-order valence-corrected chi connectivity index (χ0v) is 15.8. The molecule has 1 aromatic heterocycles. The minimum atomic E-state index is -0.863. The molecule has 2 aromatic rings. The molecule has 1 aliphatic heterocycles. The summed E-state index contributed by atoms with van der Waals surface area (Å²) in [6.07, 6.45) is 2.51. The maximum absolute atomic E-state index is 12.5. The molecule has 1 saturated heterocycles. The molecule has 3 rings (SSSR count). The van der Waals surface area contributed by atoms with Gasteiger partial charge in [0, 0.05) is 38.1 Å². The van der Waals surface area contributed by atoms with Crippen molar-refractivity contribution in [3.8, 4) is 11.6 Å². The van der Waals surface area contributed by atoms with Gasteiger partial charge in [-0.2, -0.15) is 0 Å². The number of benzene rings is 1. The molecule has 1 aliphatic rings. The Hall–Kier alpha value is -2.35. The molecule has 1 fully saturated rings. The molecular weight excluding hydrogens is 370 g/mol. The molecule has 2 heterocycles. The van der Waals surface area contributed by atoms with Crippen LogP contribution < -0.4 is 10.1 Å². The van der Waals surface area contributed by atoms with Crippen molar-refractivity contribution in [3.63, 3.8) is 0 Å². The van der Waals surface area contributed by atoms with Crippen molar-refractivity contribution in [2.75, 3.05) is 32.1 Å². The fraction of sp³-hybridized carbons (Fsp3) is 0.368. The Balaban J connectivity index is 1.60. The number of para-hydroxylation sites is 1. The molecule has 0 spiro atoms. The van der Waals surface area contributed by atoms with Crippen molar-refractivity contribution in [2.24, 2.45) is 0 Å². The van der Waals surface area contributed by atoms with Crippen molar-refractivity contribution < 1.29 is 19.4 Å². The number of hydrogen-bond donors (Lipinski definition) is 2. The number of hydrogen-bond acceptors (Lipinski definition) is 5. The number of carbonyl (C=O) groups excluding carboxylic acids is 1. The van der Waals surface area contributed by atoms with Crippen LogP contribution in [0.15, 0.2) is 42.6 Å². The quantitative estimate of drug-likeness (QED) is 0.814. The van der Waals surface area contributed by atoms with Crippen LogP contribution in [0, 0.1) is 0 Å². The third-order valence-corrected chi connectivity index (χ3v) is 4.74. The average Bonchev–Trinajstić information content (AvgIpc) is 2.64. The topological polar surface area (TPSA) is 83.9 Å². The molecule has 0 saturated carbocycles. The lowest BCUT2D eigenvalue weighted by Crippen LogP contribution is -2.49. The number of amides is 2. The van der Waals surface area contributed by atoms with Gasteiger partial charge < -0.3 is 24.8 Å². The summed E-state index contributed by atoms with van der Waals surface area (Å²) in [5.41, 5.74) is -0.298. The van der Waals surface area contributed by atoms with Crippen molar-refractivity contribution in [3.05, 3.63) is 47.6 Å². The van der Waals surface area contributed by atoms with E-state index in [2.05, 4.69) is 10.3 Å². The molecule has 8 heteroatoms. The highest BCUT2D eigenvalue weighted by Gasteiger charge is 2.33. The number of urea groups is 1. The molecule has 0 unspecified atom stereocenters. The Labute approximate surface area is 162 Å². The number of aliphatic hydroxyl groups is 1. The van der Waals surface area contributed by atoms with Gasteiger partial charge in [0.15, 0.2) is 0 Å². The normalized spacial score (nSPS) is 16.0. The molecule has 7 nitrogen and oxygen atoms in total. The van der Waals surface area contributed by atoms with Gasteiger partial charge in [0.2, 0.25) is 5.88 Å². The predicted octanol–water partition coefficient (Wildman–Crippen LogP) is 3.53. The second kappa shape index (κ2) is 8.56. The van der Waals surface area contributed by atoms with Crippen molar-refractivity contribution >= 4 is 23.3 Å².